The van der Waals surface area contributed by atoms with Gasteiger partial charge in [0.1, 0.15) is 11.4 Å². The van der Waals surface area contributed by atoms with Crippen LogP contribution in [-0.2, 0) is 0 Å². The predicted molar refractivity (Wildman–Crippen MR) is 109 cm³/mol. The highest BCUT2D eigenvalue weighted by molar-refractivity contribution is 9.10. The van der Waals surface area contributed by atoms with Crippen LogP contribution in [0.5, 0.6) is 0 Å². The van der Waals surface area contributed by atoms with Gasteiger partial charge in [0.05, 0.1) is 15.1 Å². The highest BCUT2D eigenvalue weighted by Gasteiger charge is 2.24. The Morgan fingerprint density at radius 3 is 2.00 bits per heavy atom. The first-order valence-corrected chi connectivity index (χ1v) is 9.09. The number of para-hydroxylation sites is 2. The highest BCUT2D eigenvalue weighted by atomic mass is 79.9. The number of hydrogen-bond acceptors (Lipinski definition) is 3. The molecule has 0 radical (unpaired) electrons. The average Bonchev–Trinajstić information content (AvgIpc) is 3.06. The van der Waals surface area contributed by atoms with Crippen molar-refractivity contribution in [3.8, 4) is 28.2 Å². The maximum Gasteiger partial charge on any atom is 0.294 e. The standard InChI is InChI=1S/C21H14BrN3O2/c22-19-20(15-9-3-1-4-10-15)23-24(21(19)16-11-5-2-6-12-16)17-13-7-8-14-18(17)25(26)27/h1-14H. The number of nitro groups is 1. The molecule has 0 N–H and O–H groups in total. The maximum atomic E-state index is 11.6. The van der Waals surface area contributed by atoms with Crippen LogP contribution in [0.1, 0.15) is 0 Å². The summed E-state index contributed by atoms with van der Waals surface area (Å²) in [4.78, 5) is 11.2. The van der Waals surface area contributed by atoms with Gasteiger partial charge in [0.15, 0.2) is 0 Å². The SMILES string of the molecule is O=[N+]([O-])c1ccccc1-n1nc(-c2ccccc2)c(Br)c1-c1ccccc1. The number of nitro benzene ring substituents is 1. The number of rotatable bonds is 4. The lowest BCUT2D eigenvalue weighted by Gasteiger charge is -2.08. The zero-order chi connectivity index (χ0) is 18.8. The molecule has 1 heterocycles. The fourth-order valence-electron chi connectivity index (χ4n) is 3.00. The molecule has 4 aromatic rings. The average molecular weight is 420 g/mol. The second-order valence-electron chi connectivity index (χ2n) is 5.90. The molecule has 0 aliphatic carbocycles. The zero-order valence-corrected chi connectivity index (χ0v) is 15.7. The van der Waals surface area contributed by atoms with Gasteiger partial charge in [-0.1, -0.05) is 72.8 Å². The molecule has 0 saturated carbocycles. The summed E-state index contributed by atoms with van der Waals surface area (Å²) < 4.78 is 2.43. The summed E-state index contributed by atoms with van der Waals surface area (Å²) in [5.41, 5.74) is 3.76. The van der Waals surface area contributed by atoms with E-state index in [-0.39, 0.29) is 10.6 Å². The molecule has 3 aromatic carbocycles. The summed E-state index contributed by atoms with van der Waals surface area (Å²) in [7, 11) is 0. The largest absolute Gasteiger partial charge is 0.294 e. The summed E-state index contributed by atoms with van der Waals surface area (Å²) in [6, 6.07) is 26.1. The van der Waals surface area contributed by atoms with Crippen LogP contribution < -0.4 is 0 Å². The van der Waals surface area contributed by atoms with Crippen molar-refractivity contribution in [2.45, 2.75) is 0 Å². The van der Waals surface area contributed by atoms with Crippen molar-refractivity contribution in [3.05, 3.63) is 99.5 Å². The molecule has 0 aliphatic heterocycles. The third-order valence-corrected chi connectivity index (χ3v) is 4.98. The maximum absolute atomic E-state index is 11.6. The molecule has 0 bridgehead atoms. The van der Waals surface area contributed by atoms with E-state index in [0.717, 1.165) is 27.0 Å². The lowest BCUT2D eigenvalue weighted by molar-refractivity contribution is -0.384. The smallest absolute Gasteiger partial charge is 0.258 e. The van der Waals surface area contributed by atoms with Gasteiger partial charge in [-0.25, -0.2) is 4.68 Å². The van der Waals surface area contributed by atoms with Crippen LogP contribution in [-0.4, -0.2) is 14.7 Å². The van der Waals surface area contributed by atoms with Gasteiger partial charge >= 0.3 is 0 Å². The molecular formula is C21H14BrN3O2. The quantitative estimate of drug-likeness (QED) is 0.306. The highest BCUT2D eigenvalue weighted by Crippen LogP contribution is 2.39. The van der Waals surface area contributed by atoms with E-state index in [4.69, 9.17) is 5.10 Å². The molecule has 27 heavy (non-hydrogen) atoms. The minimum Gasteiger partial charge on any atom is -0.258 e. The zero-order valence-electron chi connectivity index (χ0n) is 14.1. The Kier molecular flexibility index (Phi) is 4.56. The normalized spacial score (nSPS) is 10.7. The van der Waals surface area contributed by atoms with Crippen LogP contribution in [0.3, 0.4) is 0 Å². The molecule has 6 heteroatoms. The number of benzene rings is 3. The fourth-order valence-corrected chi connectivity index (χ4v) is 3.70. The monoisotopic (exact) mass is 419 g/mol. The first-order chi connectivity index (χ1) is 13.2. The molecule has 0 aliphatic rings. The van der Waals surface area contributed by atoms with Gasteiger partial charge in [-0.2, -0.15) is 5.10 Å². The van der Waals surface area contributed by atoms with Crippen LogP contribution in [0.4, 0.5) is 5.69 Å². The Morgan fingerprint density at radius 2 is 1.37 bits per heavy atom. The van der Waals surface area contributed by atoms with Gasteiger partial charge < -0.3 is 0 Å². The summed E-state index contributed by atoms with van der Waals surface area (Å²) >= 11 is 3.68. The molecule has 1 aromatic heterocycles. The van der Waals surface area contributed by atoms with Crippen molar-refractivity contribution in [2.24, 2.45) is 0 Å². The summed E-state index contributed by atoms with van der Waals surface area (Å²) in [5, 5.41) is 16.3. The van der Waals surface area contributed by atoms with E-state index in [1.54, 1.807) is 22.9 Å². The van der Waals surface area contributed by atoms with Gasteiger partial charge in [0, 0.05) is 17.2 Å². The van der Waals surface area contributed by atoms with Gasteiger partial charge in [0.2, 0.25) is 0 Å². The van der Waals surface area contributed by atoms with Crippen molar-refractivity contribution in [1.82, 2.24) is 9.78 Å². The van der Waals surface area contributed by atoms with Gasteiger partial charge in [-0.05, 0) is 22.0 Å². The molecule has 0 fully saturated rings. The number of nitrogens with zero attached hydrogens (tertiary/aromatic N) is 3. The van der Waals surface area contributed by atoms with Crippen LogP contribution in [0.2, 0.25) is 0 Å². The van der Waals surface area contributed by atoms with Crippen LogP contribution in [0.25, 0.3) is 28.2 Å². The third kappa shape index (κ3) is 3.15. The lowest BCUT2D eigenvalue weighted by atomic mass is 10.1. The fraction of sp³-hybridized carbons (Fsp3) is 0. The van der Waals surface area contributed by atoms with Gasteiger partial charge in [0.25, 0.3) is 5.69 Å². The molecule has 4 rings (SSSR count). The second kappa shape index (κ2) is 7.17. The van der Waals surface area contributed by atoms with E-state index in [1.165, 1.54) is 6.07 Å². The molecule has 132 valence electrons. The van der Waals surface area contributed by atoms with Crippen molar-refractivity contribution in [2.75, 3.05) is 0 Å². The summed E-state index contributed by atoms with van der Waals surface area (Å²) in [5.74, 6) is 0. The van der Waals surface area contributed by atoms with E-state index in [1.807, 2.05) is 60.7 Å². The molecule has 0 amide bonds. The predicted octanol–water partition coefficient (Wildman–Crippen LogP) is 5.88. The molecule has 0 atom stereocenters. The van der Waals surface area contributed by atoms with Crippen molar-refractivity contribution < 1.29 is 4.92 Å². The Hall–Kier alpha value is -3.25. The number of aromatic nitrogens is 2. The summed E-state index contributed by atoms with van der Waals surface area (Å²) in [6.07, 6.45) is 0. The van der Waals surface area contributed by atoms with Gasteiger partial charge in [-0.15, -0.1) is 0 Å². The molecule has 0 spiro atoms. The Morgan fingerprint density at radius 1 is 0.815 bits per heavy atom. The summed E-state index contributed by atoms with van der Waals surface area (Å²) in [6.45, 7) is 0. The Labute approximate surface area is 164 Å². The van der Waals surface area contributed by atoms with E-state index in [0.29, 0.717) is 5.69 Å². The first-order valence-electron chi connectivity index (χ1n) is 8.30. The minimum absolute atomic E-state index is 0.00397. The molecule has 0 saturated heterocycles. The van der Waals surface area contributed by atoms with Crippen LogP contribution in [0, 0.1) is 10.1 Å². The second-order valence-corrected chi connectivity index (χ2v) is 6.69. The Bertz CT molecular complexity index is 1110. The lowest BCUT2D eigenvalue weighted by Crippen LogP contribution is -2.03. The Balaban J connectivity index is 2.03. The van der Waals surface area contributed by atoms with Gasteiger partial charge in [-0.3, -0.25) is 10.1 Å². The molecule has 5 nitrogen and oxygen atoms in total. The van der Waals surface area contributed by atoms with E-state index in [9.17, 15) is 10.1 Å². The number of halogens is 1. The molecular weight excluding hydrogens is 406 g/mol. The van der Waals surface area contributed by atoms with E-state index >= 15 is 0 Å². The number of hydrogen-bond donors (Lipinski definition) is 0. The van der Waals surface area contributed by atoms with Crippen molar-refractivity contribution in [1.29, 1.82) is 0 Å². The van der Waals surface area contributed by atoms with E-state index < -0.39 is 0 Å². The van der Waals surface area contributed by atoms with Crippen LogP contribution in [0.15, 0.2) is 89.4 Å². The first kappa shape index (κ1) is 17.2. The van der Waals surface area contributed by atoms with E-state index in [2.05, 4.69) is 15.9 Å². The topological polar surface area (TPSA) is 61.0 Å². The molecule has 0 unspecified atom stereocenters. The van der Waals surface area contributed by atoms with Crippen molar-refractivity contribution in [3.63, 3.8) is 0 Å². The van der Waals surface area contributed by atoms with Crippen LogP contribution >= 0.6 is 15.9 Å². The van der Waals surface area contributed by atoms with Crippen molar-refractivity contribution >= 4 is 21.6 Å². The third-order valence-electron chi connectivity index (χ3n) is 4.23. The minimum atomic E-state index is -0.387.